The first-order chi connectivity index (χ1) is 17.4. The topological polar surface area (TPSA) is 0 Å². The highest BCUT2D eigenvalue weighted by Gasteiger charge is 2.27. The third-order valence-corrected chi connectivity index (χ3v) is 6.77. The molecule has 4 aromatic rings. The highest BCUT2D eigenvalue weighted by molar-refractivity contribution is 5.74. The predicted octanol–water partition coefficient (Wildman–Crippen LogP) is 9.45. The number of benzene rings is 4. The maximum absolute atomic E-state index is 3.72. The van der Waals surface area contributed by atoms with Crippen LogP contribution in [0.3, 0.4) is 0 Å². The van der Waals surface area contributed by atoms with Gasteiger partial charge in [-0.15, -0.1) is 0 Å². The molecule has 0 saturated heterocycles. The minimum Gasteiger partial charge on any atom is -0.0652 e. The van der Waals surface area contributed by atoms with Crippen molar-refractivity contribution in [2.45, 2.75) is 40.5 Å². The molecule has 0 amide bonds. The fourth-order valence-electron chi connectivity index (χ4n) is 4.99. The van der Waals surface area contributed by atoms with Gasteiger partial charge < -0.3 is 0 Å². The molecule has 0 fully saturated rings. The second-order valence-electron chi connectivity index (χ2n) is 10.8. The van der Waals surface area contributed by atoms with E-state index in [1.807, 2.05) is 0 Å². The number of rotatable bonds is 8. The van der Waals surface area contributed by atoms with Crippen LogP contribution in [0.2, 0.25) is 0 Å². The van der Waals surface area contributed by atoms with Crippen LogP contribution >= 0.6 is 0 Å². The van der Waals surface area contributed by atoms with Crippen molar-refractivity contribution < 1.29 is 0 Å². The minimum absolute atomic E-state index is 0.124. The first-order valence-corrected chi connectivity index (χ1v) is 12.8. The summed E-state index contributed by atoms with van der Waals surface area (Å²) in [6.45, 7) is 9.26. The lowest BCUT2D eigenvalue weighted by atomic mass is 9.75. The Kier molecular flexibility index (Phi) is 7.92. The lowest BCUT2D eigenvalue weighted by Gasteiger charge is -2.28. The third-order valence-electron chi connectivity index (χ3n) is 6.77. The summed E-state index contributed by atoms with van der Waals surface area (Å²) in [5.74, 6) is 0. The van der Waals surface area contributed by atoms with Gasteiger partial charge in [-0.25, -0.2) is 0 Å². The van der Waals surface area contributed by atoms with E-state index < -0.39 is 0 Å². The molecule has 0 atom stereocenters. The molecule has 36 heavy (non-hydrogen) atoms. The van der Waals surface area contributed by atoms with Crippen molar-refractivity contribution in [1.82, 2.24) is 0 Å². The standard InChI is InChI=1S/C36H36/c1-35(2,27-29-17-9-5-10-18-29)33(31-21-13-7-14-22-31)25-26-34(32-23-15-8-16-24-32)36(3,4)28-30-19-11-6-12-20-30/h5-24H,27-28H2,1-4H3. The molecule has 180 valence electrons. The summed E-state index contributed by atoms with van der Waals surface area (Å²) in [5.41, 5.74) is 14.6. The first kappa shape index (κ1) is 25.3. The second-order valence-corrected chi connectivity index (χ2v) is 10.8. The number of allylic oxidation sites excluding steroid dienone is 2. The fraction of sp³-hybridized carbons (Fsp3) is 0.222. The molecule has 0 N–H and O–H groups in total. The average Bonchev–Trinajstić information content (AvgIpc) is 2.88. The Hall–Kier alpha value is -3.82. The Morgan fingerprint density at radius 1 is 0.444 bits per heavy atom. The molecular formula is C36H36. The van der Waals surface area contributed by atoms with E-state index in [1.165, 1.54) is 33.4 Å². The summed E-state index contributed by atoms with van der Waals surface area (Å²) in [5, 5.41) is 0. The number of hydrogen-bond donors (Lipinski definition) is 0. The van der Waals surface area contributed by atoms with Crippen LogP contribution in [0.4, 0.5) is 0 Å². The Morgan fingerprint density at radius 3 is 1.03 bits per heavy atom. The maximum Gasteiger partial charge on any atom is 0.0156 e. The van der Waals surface area contributed by atoms with Crippen LogP contribution < -0.4 is 0 Å². The van der Waals surface area contributed by atoms with Gasteiger partial charge in [0.15, 0.2) is 0 Å². The normalized spacial score (nSPS) is 11.3. The molecule has 0 aliphatic heterocycles. The van der Waals surface area contributed by atoms with E-state index in [2.05, 4.69) is 160 Å². The van der Waals surface area contributed by atoms with Crippen molar-refractivity contribution in [1.29, 1.82) is 0 Å². The Labute approximate surface area is 217 Å². The predicted molar refractivity (Wildman–Crippen MR) is 155 cm³/mol. The van der Waals surface area contributed by atoms with E-state index in [0.29, 0.717) is 0 Å². The summed E-state index contributed by atoms with van der Waals surface area (Å²) in [4.78, 5) is 0. The first-order valence-electron chi connectivity index (χ1n) is 12.8. The van der Waals surface area contributed by atoms with Gasteiger partial charge in [-0.05, 0) is 35.1 Å². The highest BCUT2D eigenvalue weighted by Crippen LogP contribution is 2.39. The van der Waals surface area contributed by atoms with Gasteiger partial charge in [0.05, 0.1) is 0 Å². The van der Waals surface area contributed by atoms with Crippen LogP contribution in [0.5, 0.6) is 0 Å². The van der Waals surface area contributed by atoms with E-state index >= 15 is 0 Å². The van der Waals surface area contributed by atoms with Gasteiger partial charge in [0.2, 0.25) is 0 Å². The monoisotopic (exact) mass is 468 g/mol. The zero-order chi connectivity index (χ0) is 25.4. The van der Waals surface area contributed by atoms with Gasteiger partial charge in [0.25, 0.3) is 0 Å². The van der Waals surface area contributed by atoms with Crippen LogP contribution in [0.15, 0.2) is 133 Å². The zero-order valence-corrected chi connectivity index (χ0v) is 22.0. The van der Waals surface area contributed by atoms with E-state index in [9.17, 15) is 0 Å². The fourth-order valence-corrected chi connectivity index (χ4v) is 4.99. The van der Waals surface area contributed by atoms with Crippen molar-refractivity contribution in [2.24, 2.45) is 10.8 Å². The van der Waals surface area contributed by atoms with Gasteiger partial charge in [-0.2, -0.15) is 0 Å². The molecule has 0 nitrogen and oxygen atoms in total. The molecule has 0 aromatic heterocycles. The van der Waals surface area contributed by atoms with Crippen LogP contribution in [0, 0.1) is 10.8 Å². The average molecular weight is 469 g/mol. The van der Waals surface area contributed by atoms with Gasteiger partial charge in [0, 0.05) is 22.0 Å². The largest absolute Gasteiger partial charge is 0.0652 e. The lowest BCUT2D eigenvalue weighted by molar-refractivity contribution is 0.497. The van der Waals surface area contributed by atoms with Crippen LogP contribution in [0.1, 0.15) is 49.9 Å². The van der Waals surface area contributed by atoms with E-state index in [0.717, 1.165) is 12.8 Å². The van der Waals surface area contributed by atoms with Crippen molar-refractivity contribution in [2.75, 3.05) is 0 Å². The van der Waals surface area contributed by atoms with Gasteiger partial charge in [0.1, 0.15) is 0 Å². The van der Waals surface area contributed by atoms with Crippen LogP contribution in [-0.4, -0.2) is 0 Å². The van der Waals surface area contributed by atoms with Gasteiger partial charge >= 0.3 is 0 Å². The molecule has 0 heterocycles. The molecule has 0 spiro atoms. The Bertz CT molecular complexity index is 1240. The lowest BCUT2D eigenvalue weighted by Crippen LogP contribution is -2.18. The summed E-state index contributed by atoms with van der Waals surface area (Å²) < 4.78 is 0. The molecule has 0 aliphatic carbocycles. The van der Waals surface area contributed by atoms with Crippen molar-refractivity contribution in [3.8, 4) is 0 Å². The van der Waals surface area contributed by atoms with E-state index in [4.69, 9.17) is 0 Å². The van der Waals surface area contributed by atoms with Gasteiger partial charge in [-0.1, -0.05) is 160 Å². The summed E-state index contributed by atoms with van der Waals surface area (Å²) in [7, 11) is 0. The van der Waals surface area contributed by atoms with E-state index in [1.54, 1.807) is 0 Å². The number of hydrogen-bond acceptors (Lipinski definition) is 0. The molecule has 0 radical (unpaired) electrons. The summed E-state index contributed by atoms with van der Waals surface area (Å²) in [6.07, 6.45) is 1.86. The Morgan fingerprint density at radius 2 is 0.722 bits per heavy atom. The van der Waals surface area contributed by atoms with Crippen molar-refractivity contribution in [3.63, 3.8) is 0 Å². The quantitative estimate of drug-likeness (QED) is 0.226. The highest BCUT2D eigenvalue weighted by atomic mass is 14.3. The zero-order valence-electron chi connectivity index (χ0n) is 22.0. The Balaban J connectivity index is 1.91. The van der Waals surface area contributed by atoms with Crippen molar-refractivity contribution in [3.05, 3.63) is 155 Å². The third kappa shape index (κ3) is 6.44. The molecule has 0 unspecified atom stereocenters. The molecular weight excluding hydrogens is 432 g/mol. The van der Waals surface area contributed by atoms with E-state index in [-0.39, 0.29) is 10.8 Å². The smallest absolute Gasteiger partial charge is 0.0156 e. The minimum atomic E-state index is -0.124. The second kappa shape index (κ2) is 11.3. The molecule has 0 heteroatoms. The SMILES string of the molecule is CC(C)(Cc1ccccc1)C(=C=C=C(c1ccccc1)C(C)(C)Cc1ccccc1)c1ccccc1. The molecule has 0 bridgehead atoms. The molecule has 0 saturated carbocycles. The molecule has 0 aliphatic rings. The molecule has 4 rings (SSSR count). The van der Waals surface area contributed by atoms with Crippen LogP contribution in [0.25, 0.3) is 11.1 Å². The van der Waals surface area contributed by atoms with Crippen LogP contribution in [-0.2, 0) is 12.8 Å². The van der Waals surface area contributed by atoms with Gasteiger partial charge in [-0.3, -0.25) is 0 Å². The summed E-state index contributed by atoms with van der Waals surface area (Å²) >= 11 is 0. The van der Waals surface area contributed by atoms with Crippen molar-refractivity contribution >= 4 is 11.1 Å². The maximum atomic E-state index is 3.72. The molecule has 4 aromatic carbocycles. The summed E-state index contributed by atoms with van der Waals surface area (Å²) in [6, 6.07) is 42.8.